The topological polar surface area (TPSA) is 120 Å². The van der Waals surface area contributed by atoms with E-state index in [1.165, 1.54) is 31.5 Å². The Morgan fingerprint density at radius 2 is 1.96 bits per heavy atom. The average Bonchev–Trinajstić information content (AvgIpc) is 2.67. The molecule has 0 saturated carbocycles. The summed E-state index contributed by atoms with van der Waals surface area (Å²) in [5.74, 6) is -0.573. The lowest BCUT2D eigenvalue weighted by molar-refractivity contribution is -0.384. The summed E-state index contributed by atoms with van der Waals surface area (Å²) < 4.78 is 9.67. The van der Waals surface area contributed by atoms with E-state index in [4.69, 9.17) is 4.74 Å². The van der Waals surface area contributed by atoms with Gasteiger partial charge in [0.05, 0.1) is 18.2 Å². The third kappa shape index (κ3) is 5.41. The van der Waals surface area contributed by atoms with Crippen molar-refractivity contribution in [2.24, 2.45) is 5.10 Å². The molecule has 2 aromatic carbocycles. The van der Waals surface area contributed by atoms with Crippen LogP contribution in [0.5, 0.6) is 5.75 Å². The van der Waals surface area contributed by atoms with Crippen LogP contribution in [0.4, 0.5) is 5.69 Å². The minimum atomic E-state index is -0.579. The molecule has 0 heterocycles. The van der Waals surface area contributed by atoms with Gasteiger partial charge in [0.1, 0.15) is 5.75 Å². The van der Waals surface area contributed by atoms with E-state index in [-0.39, 0.29) is 17.9 Å². The summed E-state index contributed by atoms with van der Waals surface area (Å²) in [7, 11) is 1.27. The first-order valence-corrected chi connectivity index (χ1v) is 7.37. The number of nitro benzene ring substituents is 1. The number of hydrogen-bond donors (Lipinski definition) is 1. The van der Waals surface area contributed by atoms with Crippen LogP contribution in [0.3, 0.4) is 0 Å². The summed E-state index contributed by atoms with van der Waals surface area (Å²) in [6.45, 7) is -0.191. The normalized spacial score (nSPS) is 10.3. The van der Waals surface area contributed by atoms with Crippen molar-refractivity contribution in [2.75, 3.05) is 13.7 Å². The van der Waals surface area contributed by atoms with E-state index >= 15 is 0 Å². The molecule has 1 amide bonds. The number of hydrogen-bond acceptors (Lipinski definition) is 7. The van der Waals surface area contributed by atoms with Crippen LogP contribution in [0.2, 0.25) is 0 Å². The molecule has 0 aromatic heterocycles. The molecular formula is C17H15N3O6. The molecule has 1 N–H and O–H groups in total. The van der Waals surface area contributed by atoms with Crippen molar-refractivity contribution in [1.29, 1.82) is 0 Å². The van der Waals surface area contributed by atoms with Crippen molar-refractivity contribution in [3.8, 4) is 5.75 Å². The van der Waals surface area contributed by atoms with E-state index in [0.29, 0.717) is 11.3 Å². The lowest BCUT2D eigenvalue weighted by Crippen LogP contribution is -2.17. The zero-order chi connectivity index (χ0) is 18.9. The number of nitrogens with one attached hydrogen (secondary N) is 1. The molecule has 0 aliphatic rings. The maximum atomic E-state index is 11.9. The Bertz CT molecular complexity index is 833. The summed E-state index contributed by atoms with van der Waals surface area (Å²) >= 11 is 0. The van der Waals surface area contributed by atoms with Crippen LogP contribution < -0.4 is 10.2 Å². The molecule has 0 atom stereocenters. The second-order valence-electron chi connectivity index (χ2n) is 4.94. The molecule has 134 valence electrons. The molecule has 0 aliphatic heterocycles. The van der Waals surface area contributed by atoms with Gasteiger partial charge in [-0.25, -0.2) is 10.2 Å². The Hall–Kier alpha value is -3.75. The number of benzene rings is 2. The maximum absolute atomic E-state index is 11.9. The Morgan fingerprint density at radius 3 is 2.62 bits per heavy atom. The van der Waals surface area contributed by atoms with Crippen LogP contribution in [0, 0.1) is 10.1 Å². The van der Waals surface area contributed by atoms with Gasteiger partial charge in [-0.05, 0) is 35.9 Å². The smallest absolute Gasteiger partial charge is 0.343 e. The number of ether oxygens (including phenoxy) is 2. The predicted octanol–water partition coefficient (Wildman–Crippen LogP) is 1.91. The van der Waals surface area contributed by atoms with Crippen molar-refractivity contribution >= 4 is 23.8 Å². The van der Waals surface area contributed by atoms with E-state index in [2.05, 4.69) is 15.3 Å². The minimum Gasteiger partial charge on any atom is -0.482 e. The average molecular weight is 357 g/mol. The molecule has 9 heteroatoms. The Labute approximate surface area is 148 Å². The maximum Gasteiger partial charge on any atom is 0.343 e. The van der Waals surface area contributed by atoms with E-state index in [9.17, 15) is 19.7 Å². The molecular weight excluding hydrogens is 342 g/mol. The molecule has 0 bridgehead atoms. The molecule has 0 saturated heterocycles. The molecule has 26 heavy (non-hydrogen) atoms. The Kier molecular flexibility index (Phi) is 6.38. The second kappa shape index (κ2) is 8.92. The van der Waals surface area contributed by atoms with E-state index in [1.807, 2.05) is 0 Å². The van der Waals surface area contributed by atoms with Gasteiger partial charge in [-0.15, -0.1) is 0 Å². The first-order valence-electron chi connectivity index (χ1n) is 7.37. The van der Waals surface area contributed by atoms with Gasteiger partial charge >= 0.3 is 5.97 Å². The van der Waals surface area contributed by atoms with Crippen molar-refractivity contribution in [1.82, 2.24) is 5.43 Å². The highest BCUT2D eigenvalue weighted by Crippen LogP contribution is 2.13. The largest absolute Gasteiger partial charge is 0.482 e. The highest BCUT2D eigenvalue weighted by molar-refractivity contribution is 5.95. The third-order valence-electron chi connectivity index (χ3n) is 3.16. The molecule has 9 nitrogen and oxygen atoms in total. The van der Waals surface area contributed by atoms with Gasteiger partial charge in [-0.2, -0.15) is 5.10 Å². The fourth-order valence-corrected chi connectivity index (χ4v) is 1.84. The van der Waals surface area contributed by atoms with Crippen molar-refractivity contribution in [3.05, 3.63) is 69.8 Å². The molecule has 0 fully saturated rings. The lowest BCUT2D eigenvalue weighted by Gasteiger charge is -2.04. The summed E-state index contributed by atoms with van der Waals surface area (Å²) in [5.41, 5.74) is 2.92. The van der Waals surface area contributed by atoms with Crippen molar-refractivity contribution in [2.45, 2.75) is 0 Å². The van der Waals surface area contributed by atoms with Gasteiger partial charge in [0.2, 0.25) is 0 Å². The first-order chi connectivity index (χ1) is 12.5. The number of hydrazone groups is 1. The fraction of sp³-hybridized carbons (Fsp3) is 0.118. The zero-order valence-electron chi connectivity index (χ0n) is 13.7. The van der Waals surface area contributed by atoms with Gasteiger partial charge in [0.25, 0.3) is 11.6 Å². The van der Waals surface area contributed by atoms with Crippen LogP contribution >= 0.6 is 0 Å². The zero-order valence-corrected chi connectivity index (χ0v) is 13.7. The van der Waals surface area contributed by atoms with E-state index in [0.717, 1.165) is 6.07 Å². The number of non-ortho nitro benzene ring substituents is 1. The van der Waals surface area contributed by atoms with Gasteiger partial charge in [-0.1, -0.05) is 6.07 Å². The minimum absolute atomic E-state index is 0.128. The first kappa shape index (κ1) is 18.6. The number of nitrogens with zero attached hydrogens (tertiary/aromatic N) is 2. The number of carbonyl (C=O) groups is 2. The Balaban J connectivity index is 1.91. The second-order valence-corrected chi connectivity index (χ2v) is 4.94. The van der Waals surface area contributed by atoms with Crippen LogP contribution in [0.1, 0.15) is 15.9 Å². The SMILES string of the molecule is COC(=O)COc1ccc(/C=N/NC(=O)c2cccc([N+](=O)[O-])c2)cc1. The Morgan fingerprint density at radius 1 is 1.23 bits per heavy atom. The fourth-order valence-electron chi connectivity index (χ4n) is 1.84. The summed E-state index contributed by atoms with van der Waals surface area (Å²) in [6, 6.07) is 11.9. The summed E-state index contributed by atoms with van der Waals surface area (Å²) in [6.07, 6.45) is 1.40. The van der Waals surface area contributed by atoms with Crippen LogP contribution in [0.15, 0.2) is 53.6 Å². The highest BCUT2D eigenvalue weighted by atomic mass is 16.6. The van der Waals surface area contributed by atoms with Gasteiger partial charge in [-0.3, -0.25) is 14.9 Å². The van der Waals surface area contributed by atoms with Crippen LogP contribution in [-0.2, 0) is 9.53 Å². The van der Waals surface area contributed by atoms with E-state index in [1.54, 1.807) is 24.3 Å². The molecule has 0 radical (unpaired) electrons. The van der Waals surface area contributed by atoms with Gasteiger partial charge < -0.3 is 9.47 Å². The molecule has 2 rings (SSSR count). The van der Waals surface area contributed by atoms with Crippen molar-refractivity contribution in [3.63, 3.8) is 0 Å². The van der Waals surface area contributed by atoms with Crippen LogP contribution in [-0.4, -0.2) is 36.7 Å². The quantitative estimate of drug-likeness (QED) is 0.350. The number of methoxy groups -OCH3 is 1. The number of rotatable bonds is 7. The van der Waals surface area contributed by atoms with Gasteiger partial charge in [0, 0.05) is 17.7 Å². The van der Waals surface area contributed by atoms with E-state index < -0.39 is 16.8 Å². The number of esters is 1. The third-order valence-corrected chi connectivity index (χ3v) is 3.16. The molecule has 0 spiro atoms. The van der Waals surface area contributed by atoms with Crippen molar-refractivity contribution < 1.29 is 24.0 Å². The summed E-state index contributed by atoms with van der Waals surface area (Å²) in [5, 5.41) is 14.5. The number of amides is 1. The molecule has 0 unspecified atom stereocenters. The van der Waals surface area contributed by atoms with Crippen LogP contribution in [0.25, 0.3) is 0 Å². The monoisotopic (exact) mass is 357 g/mol. The molecule has 0 aliphatic carbocycles. The highest BCUT2D eigenvalue weighted by Gasteiger charge is 2.10. The number of nitro groups is 1. The summed E-state index contributed by atoms with van der Waals surface area (Å²) in [4.78, 5) is 33.0. The standard InChI is InChI=1S/C17H15N3O6/c1-25-16(21)11-26-15-7-5-12(6-8-15)10-18-19-17(22)13-3-2-4-14(9-13)20(23)24/h2-10H,11H2,1H3,(H,19,22)/b18-10+. The predicted molar refractivity (Wildman–Crippen MR) is 92.1 cm³/mol. The molecule has 2 aromatic rings. The number of carbonyl (C=O) groups excluding carboxylic acids is 2. The van der Waals surface area contributed by atoms with Gasteiger partial charge in [0.15, 0.2) is 6.61 Å². The lowest BCUT2D eigenvalue weighted by atomic mass is 10.2.